The Kier molecular flexibility index (Phi) is 10.7. The molecule has 1 aromatic carbocycles. The molecule has 1 heterocycles. The van der Waals surface area contributed by atoms with Gasteiger partial charge in [-0.1, -0.05) is 18.0 Å². The molecule has 0 spiro atoms. The van der Waals surface area contributed by atoms with Crippen LogP contribution in [0.15, 0.2) is 30.5 Å². The van der Waals surface area contributed by atoms with Gasteiger partial charge in [0, 0.05) is 17.8 Å². The molecule has 2 aromatic rings. The molecule has 0 saturated carbocycles. The average molecular weight is 439 g/mol. The lowest BCUT2D eigenvalue weighted by atomic mass is 10.2. The van der Waals surface area contributed by atoms with Crippen LogP contribution in [0, 0.1) is 0 Å². The monoisotopic (exact) mass is 438 g/mol. The van der Waals surface area contributed by atoms with Crippen LogP contribution in [0.5, 0.6) is 0 Å². The molecule has 11 nitrogen and oxygen atoms in total. The highest BCUT2D eigenvalue weighted by molar-refractivity contribution is 7.78. The van der Waals surface area contributed by atoms with Crippen molar-refractivity contribution in [2.24, 2.45) is 0 Å². The first-order valence-corrected chi connectivity index (χ1v) is 9.76. The number of benzene rings is 1. The molecular formula is C18H26N6O5S. The van der Waals surface area contributed by atoms with E-state index in [1.807, 2.05) is 0 Å². The number of amides is 2. The summed E-state index contributed by atoms with van der Waals surface area (Å²) in [6.45, 7) is 3.40. The Morgan fingerprint density at radius 2 is 1.60 bits per heavy atom. The van der Waals surface area contributed by atoms with Gasteiger partial charge in [-0.2, -0.15) is 0 Å². The van der Waals surface area contributed by atoms with Gasteiger partial charge in [-0.3, -0.25) is 14.3 Å². The van der Waals surface area contributed by atoms with E-state index in [9.17, 15) is 9.59 Å². The molecule has 12 heteroatoms. The summed E-state index contributed by atoms with van der Waals surface area (Å²) in [7, 11) is 0. The predicted octanol–water partition coefficient (Wildman–Crippen LogP) is -0.0853. The summed E-state index contributed by atoms with van der Waals surface area (Å²) >= 11 is 3.67. The molecule has 4 N–H and O–H groups in total. The number of hydrogen-bond acceptors (Lipinski definition) is 9. The number of nitrogen functional groups attached to an aromatic ring is 1. The molecule has 1 aromatic heterocycles. The number of carbonyl (C=O) groups is 2. The molecule has 0 atom stereocenters. The molecule has 0 bridgehead atoms. The Labute approximate surface area is 179 Å². The number of nitrogens with one attached hydrogen (secondary N) is 2. The zero-order valence-electron chi connectivity index (χ0n) is 16.5. The average Bonchev–Trinajstić information content (AvgIpc) is 3.23. The molecule has 0 aliphatic carbocycles. The van der Waals surface area contributed by atoms with E-state index in [1.54, 1.807) is 24.3 Å². The smallest absolute Gasteiger partial charge is 0.283 e. The van der Waals surface area contributed by atoms with E-state index in [4.69, 9.17) is 19.9 Å². The quantitative estimate of drug-likeness (QED) is 0.182. The number of rotatable bonds is 14. The summed E-state index contributed by atoms with van der Waals surface area (Å²) < 4.78 is 19.9. The number of anilines is 1. The maximum absolute atomic E-state index is 11.9. The van der Waals surface area contributed by atoms with Crippen LogP contribution in [0.1, 0.15) is 20.8 Å². The van der Waals surface area contributed by atoms with E-state index in [-0.39, 0.29) is 11.6 Å². The molecule has 0 radical (unpaired) electrons. The Balaban J connectivity index is 1.39. The standard InChI is InChI=1S/C18H26N6O5S/c19-15-3-1-14(2-4-15)17(25)20-5-7-27-9-11-29-12-10-28-8-6-24-13-16(21-23-24)18(26)22-30/h1-4,13,30H,5-12,19H2,(H,20,25)(H,22,26). The first kappa shape index (κ1) is 23.6. The van der Waals surface area contributed by atoms with Crippen LogP contribution in [-0.4, -0.2) is 73.0 Å². The van der Waals surface area contributed by atoms with Gasteiger partial charge < -0.3 is 25.3 Å². The Hall–Kier alpha value is -2.67. The van der Waals surface area contributed by atoms with Gasteiger partial charge in [0.05, 0.1) is 52.4 Å². The lowest BCUT2D eigenvalue weighted by Crippen LogP contribution is -2.27. The third kappa shape index (κ3) is 8.78. The van der Waals surface area contributed by atoms with Crippen LogP contribution >= 0.6 is 12.8 Å². The largest absolute Gasteiger partial charge is 0.399 e. The molecular weight excluding hydrogens is 412 g/mol. The van der Waals surface area contributed by atoms with Gasteiger partial charge in [0.25, 0.3) is 11.8 Å². The van der Waals surface area contributed by atoms with Crippen LogP contribution in [-0.2, 0) is 20.8 Å². The summed E-state index contributed by atoms with van der Waals surface area (Å²) in [5.41, 5.74) is 6.95. The van der Waals surface area contributed by atoms with Gasteiger partial charge in [-0.25, -0.2) is 4.68 Å². The minimum atomic E-state index is -0.412. The molecule has 0 aliphatic rings. The van der Waals surface area contributed by atoms with Gasteiger partial charge in [-0.05, 0) is 24.3 Å². The maximum Gasteiger partial charge on any atom is 0.283 e. The van der Waals surface area contributed by atoms with E-state index in [2.05, 4.69) is 33.2 Å². The van der Waals surface area contributed by atoms with Gasteiger partial charge in [-0.15, -0.1) is 5.10 Å². The van der Waals surface area contributed by atoms with Crippen LogP contribution in [0.3, 0.4) is 0 Å². The normalized spacial score (nSPS) is 10.7. The number of aromatic nitrogens is 3. The Bertz CT molecular complexity index is 786. The lowest BCUT2D eigenvalue weighted by molar-refractivity contribution is 0.0133. The highest BCUT2D eigenvalue weighted by atomic mass is 32.1. The van der Waals surface area contributed by atoms with E-state index in [0.717, 1.165) is 0 Å². The Morgan fingerprint density at radius 3 is 2.27 bits per heavy atom. The number of thiol groups is 1. The third-order valence-corrected chi connectivity index (χ3v) is 3.99. The van der Waals surface area contributed by atoms with Crippen molar-refractivity contribution in [3.05, 3.63) is 41.7 Å². The Morgan fingerprint density at radius 1 is 0.967 bits per heavy atom. The van der Waals surface area contributed by atoms with Crippen LogP contribution in [0.25, 0.3) is 0 Å². The lowest BCUT2D eigenvalue weighted by Gasteiger charge is -2.08. The first-order chi connectivity index (χ1) is 14.6. The van der Waals surface area contributed by atoms with Crippen molar-refractivity contribution in [3.63, 3.8) is 0 Å². The first-order valence-electron chi connectivity index (χ1n) is 9.31. The second kappa shape index (κ2) is 13.5. The van der Waals surface area contributed by atoms with Gasteiger partial charge in [0.1, 0.15) is 0 Å². The van der Waals surface area contributed by atoms with Crippen molar-refractivity contribution in [2.45, 2.75) is 6.54 Å². The molecule has 0 unspecified atom stereocenters. The van der Waals surface area contributed by atoms with E-state index >= 15 is 0 Å². The second-order valence-corrected chi connectivity index (χ2v) is 6.25. The van der Waals surface area contributed by atoms with Gasteiger partial charge in [0.2, 0.25) is 0 Å². The SMILES string of the molecule is Nc1ccc(C(=O)NCCOCCOCCOCCn2cc(C(=O)NS)nn2)cc1. The number of nitrogens with zero attached hydrogens (tertiary/aromatic N) is 3. The summed E-state index contributed by atoms with van der Waals surface area (Å²) in [5, 5.41) is 10.3. The molecule has 0 fully saturated rings. The fraction of sp³-hybridized carbons (Fsp3) is 0.444. The van der Waals surface area contributed by atoms with E-state index in [1.165, 1.54) is 10.9 Å². The predicted molar refractivity (Wildman–Crippen MR) is 112 cm³/mol. The number of nitrogens with two attached hydrogens (primary N) is 1. The molecule has 0 saturated heterocycles. The summed E-state index contributed by atoms with van der Waals surface area (Å²) in [4.78, 5) is 23.2. The fourth-order valence-electron chi connectivity index (χ4n) is 2.24. The molecule has 0 aliphatic heterocycles. The highest BCUT2D eigenvalue weighted by Gasteiger charge is 2.08. The van der Waals surface area contributed by atoms with Gasteiger partial charge in [0.15, 0.2) is 5.69 Å². The minimum Gasteiger partial charge on any atom is -0.399 e. The molecule has 30 heavy (non-hydrogen) atoms. The fourth-order valence-corrected chi connectivity index (χ4v) is 2.36. The number of hydrogen-bond donors (Lipinski definition) is 4. The molecule has 2 amide bonds. The van der Waals surface area contributed by atoms with Crippen molar-refractivity contribution in [1.29, 1.82) is 0 Å². The highest BCUT2D eigenvalue weighted by Crippen LogP contribution is 2.04. The van der Waals surface area contributed by atoms with E-state index < -0.39 is 5.91 Å². The zero-order chi connectivity index (χ0) is 21.6. The molecule has 2 rings (SSSR count). The molecule has 164 valence electrons. The summed E-state index contributed by atoms with van der Waals surface area (Å²) in [5.74, 6) is -0.579. The van der Waals surface area contributed by atoms with Crippen molar-refractivity contribution in [1.82, 2.24) is 25.0 Å². The van der Waals surface area contributed by atoms with Crippen molar-refractivity contribution < 1.29 is 23.8 Å². The van der Waals surface area contributed by atoms with Crippen molar-refractivity contribution >= 4 is 30.3 Å². The van der Waals surface area contributed by atoms with Crippen molar-refractivity contribution in [3.8, 4) is 0 Å². The third-order valence-electron chi connectivity index (χ3n) is 3.79. The van der Waals surface area contributed by atoms with Gasteiger partial charge >= 0.3 is 0 Å². The van der Waals surface area contributed by atoms with Crippen LogP contribution in [0.2, 0.25) is 0 Å². The summed E-state index contributed by atoms with van der Waals surface area (Å²) in [6.07, 6.45) is 1.51. The number of carbonyl (C=O) groups excluding carboxylic acids is 2. The van der Waals surface area contributed by atoms with Crippen molar-refractivity contribution in [2.75, 3.05) is 51.9 Å². The van der Waals surface area contributed by atoms with Crippen LogP contribution in [0.4, 0.5) is 5.69 Å². The maximum atomic E-state index is 11.9. The summed E-state index contributed by atoms with van der Waals surface area (Å²) in [6, 6.07) is 6.71. The zero-order valence-corrected chi connectivity index (χ0v) is 17.3. The van der Waals surface area contributed by atoms with E-state index in [0.29, 0.717) is 64.0 Å². The second-order valence-electron chi connectivity index (χ2n) is 6.02. The van der Waals surface area contributed by atoms with Crippen LogP contribution < -0.4 is 15.8 Å². The topological polar surface area (TPSA) is 143 Å². The minimum absolute atomic E-state index is 0.168. The number of ether oxygens (including phenoxy) is 3.